The summed E-state index contributed by atoms with van der Waals surface area (Å²) in [6.07, 6.45) is 5.19. The maximum atomic E-state index is 10.8. The molecule has 3 rings (SSSR count). The van der Waals surface area contributed by atoms with Crippen molar-refractivity contribution >= 4 is 11.8 Å². The van der Waals surface area contributed by atoms with E-state index in [9.17, 15) is 5.11 Å². The van der Waals surface area contributed by atoms with Gasteiger partial charge < -0.3 is 14.6 Å². The van der Waals surface area contributed by atoms with Gasteiger partial charge in [0.05, 0.1) is 18.3 Å². The molecule has 3 aliphatic rings. The second kappa shape index (κ2) is 4.97. The SMILES string of the molecule is CC1(C(O)C2CCOC3(CCOC3)C2)CCCS1. The maximum absolute atomic E-state index is 10.8. The molecule has 0 saturated carbocycles. The third kappa shape index (κ3) is 2.33. The van der Waals surface area contributed by atoms with E-state index in [1.165, 1.54) is 12.2 Å². The summed E-state index contributed by atoms with van der Waals surface area (Å²) in [6.45, 7) is 4.56. The fourth-order valence-electron chi connectivity index (χ4n) is 3.73. The van der Waals surface area contributed by atoms with Crippen LogP contribution >= 0.6 is 11.8 Å². The van der Waals surface area contributed by atoms with Crippen LogP contribution in [-0.4, -0.2) is 47.1 Å². The van der Waals surface area contributed by atoms with Gasteiger partial charge in [-0.25, -0.2) is 0 Å². The minimum atomic E-state index is -0.189. The Labute approximate surface area is 114 Å². The average Bonchev–Trinajstić information content (AvgIpc) is 2.99. The maximum Gasteiger partial charge on any atom is 0.0940 e. The Kier molecular flexibility index (Phi) is 3.65. The third-order valence-corrected chi connectivity index (χ3v) is 6.52. The van der Waals surface area contributed by atoms with Crippen molar-refractivity contribution in [2.75, 3.05) is 25.6 Å². The lowest BCUT2D eigenvalue weighted by Crippen LogP contribution is -2.48. The van der Waals surface area contributed by atoms with Crippen molar-refractivity contribution < 1.29 is 14.6 Å². The molecule has 4 heteroatoms. The van der Waals surface area contributed by atoms with Gasteiger partial charge in [0.1, 0.15) is 0 Å². The molecule has 3 fully saturated rings. The van der Waals surface area contributed by atoms with E-state index in [1.807, 2.05) is 11.8 Å². The number of aliphatic hydroxyl groups excluding tert-OH is 1. The van der Waals surface area contributed by atoms with Crippen molar-refractivity contribution in [1.82, 2.24) is 0 Å². The second-order valence-electron chi connectivity index (χ2n) is 6.30. The number of thioether (sulfide) groups is 1. The van der Waals surface area contributed by atoms with Gasteiger partial charge in [0, 0.05) is 24.4 Å². The molecule has 0 aromatic carbocycles. The second-order valence-corrected chi connectivity index (χ2v) is 7.93. The highest BCUT2D eigenvalue weighted by Gasteiger charge is 2.47. The summed E-state index contributed by atoms with van der Waals surface area (Å²) in [5.41, 5.74) is -0.0798. The first-order chi connectivity index (χ1) is 8.64. The Hall–Kier alpha value is 0.230. The molecule has 0 aliphatic carbocycles. The highest BCUT2D eigenvalue weighted by atomic mass is 32.2. The molecule has 0 aromatic rings. The lowest BCUT2D eigenvalue weighted by atomic mass is 9.77. The van der Waals surface area contributed by atoms with E-state index in [4.69, 9.17) is 9.47 Å². The summed E-state index contributed by atoms with van der Waals surface area (Å²) in [5.74, 6) is 1.58. The number of hydrogen-bond donors (Lipinski definition) is 1. The molecule has 0 radical (unpaired) electrons. The van der Waals surface area contributed by atoms with Crippen LogP contribution in [0.15, 0.2) is 0 Å². The summed E-state index contributed by atoms with van der Waals surface area (Å²) in [5, 5.41) is 10.8. The molecule has 0 aromatic heterocycles. The Morgan fingerprint density at radius 3 is 2.89 bits per heavy atom. The summed E-state index contributed by atoms with van der Waals surface area (Å²) < 4.78 is 11.5. The van der Waals surface area contributed by atoms with Crippen molar-refractivity contribution in [3.8, 4) is 0 Å². The molecule has 3 saturated heterocycles. The van der Waals surface area contributed by atoms with Gasteiger partial charge >= 0.3 is 0 Å². The summed E-state index contributed by atoms with van der Waals surface area (Å²) in [6, 6.07) is 0. The van der Waals surface area contributed by atoms with E-state index in [2.05, 4.69) is 6.92 Å². The first-order valence-electron chi connectivity index (χ1n) is 7.17. The standard InChI is InChI=1S/C14H24O3S/c1-13(4-2-8-18-13)12(15)11-3-6-17-14(9-11)5-7-16-10-14/h11-12,15H,2-10H2,1H3. The lowest BCUT2D eigenvalue weighted by Gasteiger charge is -2.43. The van der Waals surface area contributed by atoms with Gasteiger partial charge in [-0.05, 0) is 44.3 Å². The van der Waals surface area contributed by atoms with E-state index < -0.39 is 0 Å². The highest BCUT2D eigenvalue weighted by molar-refractivity contribution is 8.00. The Bertz CT molecular complexity index is 285. The zero-order valence-electron chi connectivity index (χ0n) is 11.2. The lowest BCUT2D eigenvalue weighted by molar-refractivity contribution is -0.120. The molecule has 3 aliphatic heterocycles. The molecular formula is C14H24O3S. The van der Waals surface area contributed by atoms with E-state index in [0.29, 0.717) is 5.92 Å². The van der Waals surface area contributed by atoms with Crippen LogP contribution in [0.4, 0.5) is 0 Å². The van der Waals surface area contributed by atoms with Crippen LogP contribution in [0.1, 0.15) is 39.0 Å². The molecule has 18 heavy (non-hydrogen) atoms. The summed E-state index contributed by atoms with van der Waals surface area (Å²) >= 11 is 1.96. The molecule has 1 N–H and O–H groups in total. The van der Waals surface area contributed by atoms with Crippen LogP contribution in [0.25, 0.3) is 0 Å². The quantitative estimate of drug-likeness (QED) is 0.836. The first kappa shape index (κ1) is 13.2. The van der Waals surface area contributed by atoms with E-state index in [0.717, 1.165) is 45.5 Å². The summed E-state index contributed by atoms with van der Waals surface area (Å²) in [7, 11) is 0. The largest absolute Gasteiger partial charge is 0.391 e. The zero-order chi connectivity index (χ0) is 12.6. The van der Waals surface area contributed by atoms with Crippen molar-refractivity contribution in [3.05, 3.63) is 0 Å². The van der Waals surface area contributed by atoms with Crippen molar-refractivity contribution in [2.45, 2.75) is 55.5 Å². The molecule has 3 nitrogen and oxygen atoms in total. The molecule has 3 heterocycles. The van der Waals surface area contributed by atoms with Crippen LogP contribution < -0.4 is 0 Å². The molecule has 1 spiro atoms. The van der Waals surface area contributed by atoms with Crippen LogP contribution in [0, 0.1) is 5.92 Å². The van der Waals surface area contributed by atoms with Crippen LogP contribution in [0.3, 0.4) is 0 Å². The molecular weight excluding hydrogens is 248 g/mol. The Morgan fingerprint density at radius 2 is 2.22 bits per heavy atom. The van der Waals surface area contributed by atoms with Crippen LogP contribution in [0.5, 0.6) is 0 Å². The van der Waals surface area contributed by atoms with E-state index >= 15 is 0 Å². The van der Waals surface area contributed by atoms with E-state index in [-0.39, 0.29) is 16.5 Å². The fourth-order valence-corrected chi connectivity index (χ4v) is 5.14. The minimum absolute atomic E-state index is 0.0721. The number of hydrogen-bond acceptors (Lipinski definition) is 4. The van der Waals surface area contributed by atoms with Gasteiger partial charge in [0.15, 0.2) is 0 Å². The van der Waals surface area contributed by atoms with Gasteiger partial charge in [-0.1, -0.05) is 0 Å². The normalized spacial score (nSPS) is 46.7. The van der Waals surface area contributed by atoms with Crippen molar-refractivity contribution in [2.24, 2.45) is 5.92 Å². The smallest absolute Gasteiger partial charge is 0.0940 e. The summed E-state index contributed by atoms with van der Waals surface area (Å²) in [4.78, 5) is 0. The van der Waals surface area contributed by atoms with Crippen molar-refractivity contribution in [3.63, 3.8) is 0 Å². The van der Waals surface area contributed by atoms with Crippen LogP contribution in [0.2, 0.25) is 0 Å². The van der Waals surface area contributed by atoms with Crippen LogP contribution in [-0.2, 0) is 9.47 Å². The molecule has 0 amide bonds. The zero-order valence-corrected chi connectivity index (χ0v) is 12.0. The van der Waals surface area contributed by atoms with Gasteiger partial charge in [0.2, 0.25) is 0 Å². The highest BCUT2D eigenvalue weighted by Crippen LogP contribution is 2.46. The Balaban J connectivity index is 1.68. The van der Waals surface area contributed by atoms with Crippen molar-refractivity contribution in [1.29, 1.82) is 0 Å². The molecule has 4 atom stereocenters. The molecule has 4 unspecified atom stereocenters. The monoisotopic (exact) mass is 272 g/mol. The van der Waals surface area contributed by atoms with Gasteiger partial charge in [-0.15, -0.1) is 0 Å². The van der Waals surface area contributed by atoms with Gasteiger partial charge in [-0.2, -0.15) is 11.8 Å². The van der Waals surface area contributed by atoms with Gasteiger partial charge in [0.25, 0.3) is 0 Å². The van der Waals surface area contributed by atoms with Gasteiger partial charge in [-0.3, -0.25) is 0 Å². The molecule has 104 valence electrons. The predicted molar refractivity (Wildman–Crippen MR) is 72.9 cm³/mol. The first-order valence-corrected chi connectivity index (χ1v) is 8.16. The molecule has 0 bridgehead atoms. The fraction of sp³-hybridized carbons (Fsp3) is 1.00. The Morgan fingerprint density at radius 1 is 1.33 bits per heavy atom. The number of aliphatic hydroxyl groups is 1. The predicted octanol–water partition coefficient (Wildman–Crippen LogP) is 2.22. The van der Waals surface area contributed by atoms with E-state index in [1.54, 1.807) is 0 Å². The minimum Gasteiger partial charge on any atom is -0.391 e. The number of rotatable bonds is 2. The number of ether oxygens (including phenoxy) is 2. The topological polar surface area (TPSA) is 38.7 Å². The average molecular weight is 272 g/mol. The third-order valence-electron chi connectivity index (χ3n) is 4.92.